The smallest absolute Gasteiger partial charge is 0.0159 e. The molecular weight excluding hydrogens is 589 g/mol. The second kappa shape index (κ2) is 10.5. The molecule has 230 valence electrons. The summed E-state index contributed by atoms with van der Waals surface area (Å²) in [5.74, 6) is 0. The average molecular weight is 623 g/mol. The van der Waals surface area contributed by atoms with Crippen LogP contribution in [0.2, 0.25) is 0 Å². The minimum Gasteiger partial charge on any atom is -0.0622 e. The van der Waals surface area contributed by atoms with E-state index in [-0.39, 0.29) is 5.41 Å². The van der Waals surface area contributed by atoms with Crippen LogP contribution >= 0.6 is 0 Å². The summed E-state index contributed by atoms with van der Waals surface area (Å²) in [5, 5.41) is 10.3. The molecule has 0 atom stereocenters. The van der Waals surface area contributed by atoms with Gasteiger partial charge in [-0.25, -0.2) is 0 Å². The maximum absolute atomic E-state index is 2.49. The Morgan fingerprint density at radius 3 is 1.43 bits per heavy atom. The first kappa shape index (κ1) is 28.1. The van der Waals surface area contributed by atoms with E-state index in [1.807, 2.05) is 0 Å². The Balaban J connectivity index is 1.07. The molecule has 9 aromatic carbocycles. The molecular formula is C49H34. The molecule has 0 aliphatic heterocycles. The molecule has 1 aliphatic carbocycles. The number of benzene rings is 9. The molecule has 0 heterocycles. The Kier molecular flexibility index (Phi) is 6.02. The van der Waals surface area contributed by atoms with E-state index in [9.17, 15) is 0 Å². The largest absolute Gasteiger partial charge is 0.0622 e. The van der Waals surface area contributed by atoms with E-state index in [4.69, 9.17) is 0 Å². The summed E-state index contributed by atoms with van der Waals surface area (Å²) >= 11 is 0. The molecule has 9 aromatic rings. The fraction of sp³-hybridized carbons (Fsp3) is 0.0612. The minimum absolute atomic E-state index is 0.0950. The number of rotatable bonds is 3. The van der Waals surface area contributed by atoms with Gasteiger partial charge in [-0.3, -0.25) is 0 Å². The van der Waals surface area contributed by atoms with Crippen LogP contribution in [0.3, 0.4) is 0 Å². The Morgan fingerprint density at radius 1 is 0.306 bits per heavy atom. The molecule has 0 unspecified atom stereocenters. The first-order valence-corrected chi connectivity index (χ1v) is 17.3. The molecule has 0 radical (unpaired) electrons. The fourth-order valence-electron chi connectivity index (χ4n) is 8.41. The Labute approximate surface area is 286 Å². The summed E-state index contributed by atoms with van der Waals surface area (Å²) in [7, 11) is 0. The standard InChI is InChI=1S/C49H34/c1-49(2)45-25-24-32-12-6-7-13-41(32)47(45)48-43-15-9-8-14-42(43)44(30-46(48)49)40-23-22-38-28-37(20-21-39(38)29-40)36-19-18-34-26-33(16-17-35(34)27-36)31-10-4-3-5-11-31/h3-30H,1-2H3. The summed E-state index contributed by atoms with van der Waals surface area (Å²) < 4.78 is 0. The molecule has 0 heteroatoms. The van der Waals surface area contributed by atoms with E-state index in [0.29, 0.717) is 0 Å². The van der Waals surface area contributed by atoms with Gasteiger partial charge in [0.25, 0.3) is 0 Å². The van der Waals surface area contributed by atoms with Gasteiger partial charge in [-0.2, -0.15) is 0 Å². The molecule has 0 bridgehead atoms. The van der Waals surface area contributed by atoms with E-state index in [2.05, 4.69) is 184 Å². The van der Waals surface area contributed by atoms with E-state index in [1.54, 1.807) is 0 Å². The highest BCUT2D eigenvalue weighted by molar-refractivity contribution is 6.14. The van der Waals surface area contributed by atoms with Crippen LogP contribution in [0.15, 0.2) is 170 Å². The topological polar surface area (TPSA) is 0 Å². The van der Waals surface area contributed by atoms with Crippen molar-refractivity contribution < 1.29 is 0 Å². The van der Waals surface area contributed by atoms with Gasteiger partial charge < -0.3 is 0 Å². The third-order valence-electron chi connectivity index (χ3n) is 11.0. The minimum atomic E-state index is -0.0950. The van der Waals surface area contributed by atoms with Crippen molar-refractivity contribution >= 4 is 43.1 Å². The van der Waals surface area contributed by atoms with Crippen LogP contribution < -0.4 is 0 Å². The summed E-state index contributed by atoms with van der Waals surface area (Å²) in [5.41, 5.74) is 13.1. The monoisotopic (exact) mass is 622 g/mol. The van der Waals surface area contributed by atoms with Crippen LogP contribution in [-0.4, -0.2) is 0 Å². The third kappa shape index (κ3) is 4.31. The highest BCUT2D eigenvalue weighted by Gasteiger charge is 2.38. The van der Waals surface area contributed by atoms with Gasteiger partial charge in [-0.1, -0.05) is 153 Å². The lowest BCUT2D eigenvalue weighted by atomic mass is 9.80. The van der Waals surface area contributed by atoms with Crippen LogP contribution in [0.5, 0.6) is 0 Å². The van der Waals surface area contributed by atoms with Crippen molar-refractivity contribution in [2.24, 2.45) is 0 Å². The van der Waals surface area contributed by atoms with E-state index < -0.39 is 0 Å². The fourth-order valence-corrected chi connectivity index (χ4v) is 8.41. The maximum atomic E-state index is 2.49. The van der Waals surface area contributed by atoms with Crippen LogP contribution in [0.25, 0.3) is 87.6 Å². The lowest BCUT2D eigenvalue weighted by molar-refractivity contribution is 0.661. The molecule has 49 heavy (non-hydrogen) atoms. The van der Waals surface area contributed by atoms with Gasteiger partial charge in [-0.05, 0) is 129 Å². The van der Waals surface area contributed by atoms with Gasteiger partial charge >= 0.3 is 0 Å². The van der Waals surface area contributed by atoms with Crippen molar-refractivity contribution in [2.75, 3.05) is 0 Å². The Bertz CT molecular complexity index is 2780. The summed E-state index contributed by atoms with van der Waals surface area (Å²) in [6.45, 7) is 4.78. The molecule has 0 saturated heterocycles. The van der Waals surface area contributed by atoms with Gasteiger partial charge in [-0.15, -0.1) is 0 Å². The van der Waals surface area contributed by atoms with E-state index >= 15 is 0 Å². The predicted molar refractivity (Wildman–Crippen MR) is 210 cm³/mol. The van der Waals surface area contributed by atoms with Crippen molar-refractivity contribution in [1.82, 2.24) is 0 Å². The second-order valence-corrected chi connectivity index (χ2v) is 14.1. The van der Waals surface area contributed by atoms with Crippen molar-refractivity contribution in [3.63, 3.8) is 0 Å². The van der Waals surface area contributed by atoms with Crippen molar-refractivity contribution in [3.8, 4) is 44.5 Å². The predicted octanol–water partition coefficient (Wildman–Crippen LogP) is 13.6. The molecule has 0 nitrogen and oxygen atoms in total. The first-order valence-electron chi connectivity index (χ1n) is 17.3. The van der Waals surface area contributed by atoms with Crippen LogP contribution in [0.1, 0.15) is 25.0 Å². The van der Waals surface area contributed by atoms with Crippen LogP contribution in [-0.2, 0) is 5.41 Å². The molecule has 0 N–H and O–H groups in total. The average Bonchev–Trinajstić information content (AvgIpc) is 3.40. The van der Waals surface area contributed by atoms with Crippen molar-refractivity contribution in [2.45, 2.75) is 19.3 Å². The highest BCUT2D eigenvalue weighted by atomic mass is 14.4. The Hall–Kier alpha value is -5.98. The van der Waals surface area contributed by atoms with Crippen molar-refractivity contribution in [3.05, 3.63) is 181 Å². The highest BCUT2D eigenvalue weighted by Crippen LogP contribution is 2.55. The Morgan fingerprint density at radius 2 is 0.776 bits per heavy atom. The molecule has 1 aliphatic rings. The van der Waals surface area contributed by atoms with E-state index in [0.717, 1.165) is 0 Å². The molecule has 0 fully saturated rings. The van der Waals surface area contributed by atoms with Gasteiger partial charge in [0.15, 0.2) is 0 Å². The third-order valence-corrected chi connectivity index (χ3v) is 11.0. The van der Waals surface area contributed by atoms with Crippen LogP contribution in [0.4, 0.5) is 0 Å². The zero-order valence-electron chi connectivity index (χ0n) is 27.7. The summed E-state index contributed by atoms with van der Waals surface area (Å²) in [6, 6.07) is 63.1. The number of hydrogen-bond acceptors (Lipinski definition) is 0. The van der Waals surface area contributed by atoms with Gasteiger partial charge in [0.05, 0.1) is 0 Å². The first-order chi connectivity index (χ1) is 24.0. The molecule has 0 aromatic heterocycles. The number of fused-ring (bicyclic) bond motifs is 9. The second-order valence-electron chi connectivity index (χ2n) is 14.1. The molecule has 0 amide bonds. The van der Waals surface area contributed by atoms with Gasteiger partial charge in [0.2, 0.25) is 0 Å². The zero-order chi connectivity index (χ0) is 32.7. The van der Waals surface area contributed by atoms with Crippen molar-refractivity contribution in [1.29, 1.82) is 0 Å². The quantitative estimate of drug-likeness (QED) is 0.184. The summed E-state index contributed by atoms with van der Waals surface area (Å²) in [6.07, 6.45) is 0. The lowest BCUT2D eigenvalue weighted by Crippen LogP contribution is -2.15. The number of hydrogen-bond donors (Lipinski definition) is 0. The van der Waals surface area contributed by atoms with E-state index in [1.165, 1.54) is 98.7 Å². The molecule has 0 saturated carbocycles. The SMILES string of the molecule is CC1(C)c2ccc3ccccc3c2-c2c1cc(-c1ccc3cc(-c4ccc5cc(-c6ccccc6)ccc5c4)ccc3c1)c1ccccc21. The van der Waals surface area contributed by atoms with Crippen LogP contribution in [0, 0.1) is 0 Å². The maximum Gasteiger partial charge on any atom is 0.0159 e. The zero-order valence-corrected chi connectivity index (χ0v) is 27.7. The van der Waals surface area contributed by atoms with Gasteiger partial charge in [0.1, 0.15) is 0 Å². The normalized spacial score (nSPS) is 13.3. The molecule has 10 rings (SSSR count). The molecule has 0 spiro atoms. The summed E-state index contributed by atoms with van der Waals surface area (Å²) in [4.78, 5) is 0. The van der Waals surface area contributed by atoms with Gasteiger partial charge in [0, 0.05) is 5.41 Å². The lowest BCUT2D eigenvalue weighted by Gasteiger charge is -2.23.